The van der Waals surface area contributed by atoms with Gasteiger partial charge in [-0.3, -0.25) is 14.7 Å². The zero-order valence-corrected chi connectivity index (χ0v) is 19.4. The number of esters is 2. The summed E-state index contributed by atoms with van der Waals surface area (Å²) in [7, 11) is -3.27. The summed E-state index contributed by atoms with van der Waals surface area (Å²) in [6, 6.07) is 5.24. The van der Waals surface area contributed by atoms with E-state index in [4.69, 9.17) is 9.15 Å². The van der Waals surface area contributed by atoms with E-state index in [9.17, 15) is 28.1 Å². The summed E-state index contributed by atoms with van der Waals surface area (Å²) in [4.78, 5) is 41.8. The number of pyridine rings is 1. The number of hydrogen-bond donors (Lipinski definition) is 1. The van der Waals surface area contributed by atoms with Crippen LogP contribution in [0.2, 0.25) is 0 Å². The molecule has 2 aromatic rings. The molecule has 0 bridgehead atoms. The number of amides is 1. The highest BCUT2D eigenvalue weighted by molar-refractivity contribution is 7.89. The summed E-state index contributed by atoms with van der Waals surface area (Å²) in [6.07, 6.45) is 1.36. The molecule has 1 aliphatic heterocycles. The maximum absolute atomic E-state index is 12.6. The lowest BCUT2D eigenvalue weighted by molar-refractivity contribution is -0.131. The van der Waals surface area contributed by atoms with Crippen LogP contribution in [-0.2, 0) is 30.8 Å². The van der Waals surface area contributed by atoms with Gasteiger partial charge in [0.25, 0.3) is 10.0 Å². The van der Waals surface area contributed by atoms with Crippen molar-refractivity contribution in [3.8, 4) is 6.07 Å². The summed E-state index contributed by atoms with van der Waals surface area (Å²) in [5.74, 6) is -3.04. The van der Waals surface area contributed by atoms with Crippen molar-refractivity contribution in [1.82, 2.24) is 14.6 Å². The minimum absolute atomic E-state index is 0.0193. The number of carbonyl (C=O) groups excluding carboxylic acids is 3. The Balaban J connectivity index is 1.63. The second-order valence-corrected chi connectivity index (χ2v) is 8.98. The van der Waals surface area contributed by atoms with Gasteiger partial charge in [-0.25, -0.2) is 14.3 Å². The van der Waals surface area contributed by atoms with Gasteiger partial charge >= 0.3 is 11.9 Å². The molecule has 1 fully saturated rings. The van der Waals surface area contributed by atoms with E-state index in [1.54, 1.807) is 24.0 Å². The molecule has 12 nitrogen and oxygen atoms in total. The van der Waals surface area contributed by atoms with Gasteiger partial charge in [-0.1, -0.05) is 0 Å². The van der Waals surface area contributed by atoms with Crippen molar-refractivity contribution in [3.05, 3.63) is 47.0 Å². The molecule has 180 valence electrons. The number of aryl methyl sites for hydroxylation is 1. The number of sulfonamides is 1. The first kappa shape index (κ1) is 24.9. The standard InChI is InChI=1S/C21H22N4O8S/c1-4-32-20(27)13-5-6-14(23-9-13)10-25-11-16(17(25)8-22)19(26)24-34(29,30)18-7-15(12(2)33-18)21(28)31-3/h5-7,9,16-17H,4,10-11H2,1-3H3,(H,24,26). The molecule has 0 aromatic carbocycles. The van der Waals surface area contributed by atoms with Crippen molar-refractivity contribution >= 4 is 27.9 Å². The summed E-state index contributed by atoms with van der Waals surface area (Å²) >= 11 is 0. The number of likely N-dealkylation sites (tertiary alicyclic amines) is 1. The number of nitrogens with zero attached hydrogens (tertiary/aromatic N) is 3. The van der Waals surface area contributed by atoms with Crippen LogP contribution in [0.15, 0.2) is 33.9 Å². The monoisotopic (exact) mass is 490 g/mol. The predicted octanol–water partition coefficient (Wildman–Crippen LogP) is 0.775. The molecule has 1 aliphatic rings. The van der Waals surface area contributed by atoms with Gasteiger partial charge in [0.2, 0.25) is 11.0 Å². The van der Waals surface area contributed by atoms with Crippen molar-refractivity contribution in [1.29, 1.82) is 5.26 Å². The molecule has 3 heterocycles. The zero-order chi connectivity index (χ0) is 25.0. The Labute approximate surface area is 195 Å². The quantitative estimate of drug-likeness (QED) is 0.519. The molecule has 1 amide bonds. The zero-order valence-electron chi connectivity index (χ0n) is 18.6. The van der Waals surface area contributed by atoms with Crippen LogP contribution in [0, 0.1) is 24.2 Å². The molecule has 1 saturated heterocycles. The van der Waals surface area contributed by atoms with Crippen LogP contribution in [-0.4, -0.2) is 62.5 Å². The van der Waals surface area contributed by atoms with E-state index in [1.165, 1.54) is 13.1 Å². The third-order valence-electron chi connectivity index (χ3n) is 5.18. The number of aromatic nitrogens is 1. The highest BCUT2D eigenvalue weighted by Crippen LogP contribution is 2.27. The maximum Gasteiger partial charge on any atom is 0.341 e. The molecule has 3 rings (SSSR count). The van der Waals surface area contributed by atoms with E-state index >= 15 is 0 Å². The van der Waals surface area contributed by atoms with Gasteiger partial charge in [-0.2, -0.15) is 13.7 Å². The van der Waals surface area contributed by atoms with Gasteiger partial charge in [0.05, 0.1) is 37.0 Å². The van der Waals surface area contributed by atoms with Gasteiger partial charge in [-0.15, -0.1) is 0 Å². The highest BCUT2D eigenvalue weighted by atomic mass is 32.2. The minimum Gasteiger partial charge on any atom is -0.465 e. The lowest BCUT2D eigenvalue weighted by atomic mass is 9.88. The molecule has 2 atom stereocenters. The SMILES string of the molecule is CCOC(=O)c1ccc(CN2CC(C(=O)NS(=O)(=O)c3cc(C(=O)OC)c(C)o3)C2C#N)nc1. The van der Waals surface area contributed by atoms with Crippen LogP contribution in [0.25, 0.3) is 0 Å². The van der Waals surface area contributed by atoms with Crippen LogP contribution in [0.5, 0.6) is 0 Å². The number of furan rings is 1. The average molecular weight is 490 g/mol. The molecule has 0 spiro atoms. The Kier molecular flexibility index (Phi) is 7.33. The normalized spacial score (nSPS) is 17.8. The molecule has 2 unspecified atom stereocenters. The van der Waals surface area contributed by atoms with E-state index in [2.05, 4.69) is 9.72 Å². The van der Waals surface area contributed by atoms with Crippen molar-refractivity contribution in [2.24, 2.45) is 5.92 Å². The molecule has 0 aliphatic carbocycles. The van der Waals surface area contributed by atoms with E-state index < -0.39 is 44.9 Å². The van der Waals surface area contributed by atoms with Crippen LogP contribution >= 0.6 is 0 Å². The van der Waals surface area contributed by atoms with Crippen molar-refractivity contribution in [2.45, 2.75) is 31.5 Å². The van der Waals surface area contributed by atoms with Gasteiger partial charge in [-0.05, 0) is 26.0 Å². The first-order valence-electron chi connectivity index (χ1n) is 10.1. The molecular formula is C21H22N4O8S. The molecule has 2 aromatic heterocycles. The third-order valence-corrected chi connectivity index (χ3v) is 6.38. The van der Waals surface area contributed by atoms with E-state index in [-0.39, 0.29) is 36.6 Å². The highest BCUT2D eigenvalue weighted by Gasteiger charge is 2.45. The topological polar surface area (TPSA) is 169 Å². The van der Waals surface area contributed by atoms with Gasteiger partial charge in [0.1, 0.15) is 17.4 Å². The van der Waals surface area contributed by atoms with Crippen LogP contribution < -0.4 is 4.72 Å². The summed E-state index contributed by atoms with van der Waals surface area (Å²) in [5.41, 5.74) is 0.764. The largest absolute Gasteiger partial charge is 0.465 e. The molecular weight excluding hydrogens is 468 g/mol. The Bertz CT molecular complexity index is 1250. The number of hydrogen-bond acceptors (Lipinski definition) is 11. The molecule has 13 heteroatoms. The van der Waals surface area contributed by atoms with E-state index in [0.29, 0.717) is 5.69 Å². The third kappa shape index (κ3) is 5.08. The Morgan fingerprint density at radius 1 is 1.32 bits per heavy atom. The summed E-state index contributed by atoms with van der Waals surface area (Å²) in [5, 5.41) is 8.88. The fourth-order valence-electron chi connectivity index (χ4n) is 3.36. The fraction of sp³-hybridized carbons (Fsp3) is 0.381. The van der Waals surface area contributed by atoms with Gasteiger partial charge < -0.3 is 13.9 Å². The smallest absolute Gasteiger partial charge is 0.341 e. The fourth-order valence-corrected chi connectivity index (χ4v) is 4.39. The number of carbonyl (C=O) groups is 3. The Morgan fingerprint density at radius 3 is 2.65 bits per heavy atom. The van der Waals surface area contributed by atoms with Crippen molar-refractivity contribution in [3.63, 3.8) is 0 Å². The lowest BCUT2D eigenvalue weighted by Crippen LogP contribution is -2.60. The Hall–Kier alpha value is -3.76. The summed E-state index contributed by atoms with van der Waals surface area (Å²) < 4.78 is 41.5. The molecule has 34 heavy (non-hydrogen) atoms. The van der Waals surface area contributed by atoms with E-state index in [0.717, 1.165) is 13.2 Å². The predicted molar refractivity (Wildman–Crippen MR) is 114 cm³/mol. The van der Waals surface area contributed by atoms with Crippen LogP contribution in [0.3, 0.4) is 0 Å². The number of nitriles is 1. The summed E-state index contributed by atoms with van der Waals surface area (Å²) in [6.45, 7) is 3.65. The molecule has 0 saturated carbocycles. The van der Waals surface area contributed by atoms with Crippen molar-refractivity contribution < 1.29 is 36.7 Å². The van der Waals surface area contributed by atoms with Gasteiger partial charge in [0, 0.05) is 25.4 Å². The second-order valence-electron chi connectivity index (χ2n) is 7.37. The molecule has 1 N–H and O–H groups in total. The minimum atomic E-state index is -4.41. The van der Waals surface area contributed by atoms with Crippen molar-refractivity contribution in [2.75, 3.05) is 20.3 Å². The number of rotatable bonds is 8. The number of nitrogens with one attached hydrogen (secondary N) is 1. The van der Waals surface area contributed by atoms with Gasteiger partial charge in [0.15, 0.2) is 0 Å². The first-order chi connectivity index (χ1) is 16.1. The number of ether oxygens (including phenoxy) is 2. The maximum atomic E-state index is 12.6. The first-order valence-corrected chi connectivity index (χ1v) is 11.6. The van der Waals surface area contributed by atoms with Crippen LogP contribution in [0.4, 0.5) is 0 Å². The van der Waals surface area contributed by atoms with E-state index in [1.807, 2.05) is 10.8 Å². The number of methoxy groups -OCH3 is 1. The Morgan fingerprint density at radius 2 is 2.06 bits per heavy atom. The molecule has 0 radical (unpaired) electrons. The average Bonchev–Trinajstić information content (AvgIpc) is 3.19. The lowest BCUT2D eigenvalue weighted by Gasteiger charge is -2.42. The van der Waals surface area contributed by atoms with Crippen LogP contribution in [0.1, 0.15) is 39.1 Å². The second kappa shape index (κ2) is 10.0.